The summed E-state index contributed by atoms with van der Waals surface area (Å²) in [7, 11) is 0. The van der Waals surface area contributed by atoms with Gasteiger partial charge in [0.25, 0.3) is 0 Å². The highest BCUT2D eigenvalue weighted by Gasteiger charge is 2.17. The monoisotopic (exact) mass is 290 g/mol. The molecule has 2 aromatic rings. The Morgan fingerprint density at radius 2 is 2.10 bits per heavy atom. The first-order chi connectivity index (χ1) is 9.78. The summed E-state index contributed by atoms with van der Waals surface area (Å²) >= 11 is 6.44. The van der Waals surface area contributed by atoms with E-state index in [0.29, 0.717) is 0 Å². The highest BCUT2D eigenvalue weighted by atomic mass is 35.5. The average molecular weight is 291 g/mol. The van der Waals surface area contributed by atoms with Crippen molar-refractivity contribution >= 4 is 11.6 Å². The molecule has 1 fully saturated rings. The summed E-state index contributed by atoms with van der Waals surface area (Å²) in [5.74, 6) is 1.58. The number of halogens is 1. The van der Waals surface area contributed by atoms with E-state index in [1.807, 2.05) is 13.0 Å². The van der Waals surface area contributed by atoms with Crippen LogP contribution in [-0.2, 0) is 13.0 Å². The fourth-order valence-corrected chi connectivity index (χ4v) is 3.26. The Bertz CT molecular complexity index is 587. The van der Waals surface area contributed by atoms with Crippen LogP contribution in [0.15, 0.2) is 18.2 Å². The van der Waals surface area contributed by atoms with Gasteiger partial charge in [0.15, 0.2) is 5.82 Å². The predicted octanol–water partition coefficient (Wildman–Crippen LogP) is 3.75. The van der Waals surface area contributed by atoms with Gasteiger partial charge in [-0.05, 0) is 41.3 Å². The van der Waals surface area contributed by atoms with E-state index in [-0.39, 0.29) is 0 Å². The minimum Gasteiger partial charge on any atom is -0.226 e. The summed E-state index contributed by atoms with van der Waals surface area (Å²) in [4.78, 5) is 0. The molecule has 0 amide bonds. The summed E-state index contributed by atoms with van der Waals surface area (Å²) in [6.07, 6.45) is 6.51. The molecule has 0 radical (unpaired) electrons. The van der Waals surface area contributed by atoms with Crippen LogP contribution in [0, 0.1) is 5.92 Å². The van der Waals surface area contributed by atoms with Crippen LogP contribution in [0.1, 0.15) is 38.2 Å². The van der Waals surface area contributed by atoms with Crippen molar-refractivity contribution in [1.29, 1.82) is 0 Å². The molecule has 0 N–H and O–H groups in total. The van der Waals surface area contributed by atoms with E-state index in [4.69, 9.17) is 11.6 Å². The summed E-state index contributed by atoms with van der Waals surface area (Å²) < 4.78 is 1.78. The second-order valence-electron chi connectivity index (χ2n) is 5.48. The predicted molar refractivity (Wildman–Crippen MR) is 79.6 cm³/mol. The Balaban J connectivity index is 1.83. The zero-order valence-electron chi connectivity index (χ0n) is 11.7. The van der Waals surface area contributed by atoms with E-state index < -0.39 is 0 Å². The molecule has 0 unspecified atom stereocenters. The lowest BCUT2D eigenvalue weighted by Gasteiger charge is -2.11. The van der Waals surface area contributed by atoms with Crippen LogP contribution in [-0.4, -0.2) is 20.2 Å². The molecule has 1 saturated carbocycles. The number of nitrogens with zero attached hydrogens (tertiary/aromatic N) is 4. The lowest BCUT2D eigenvalue weighted by molar-refractivity contribution is 0.546. The van der Waals surface area contributed by atoms with Gasteiger partial charge in [-0.15, -0.1) is 5.10 Å². The van der Waals surface area contributed by atoms with Crippen LogP contribution in [0.2, 0.25) is 5.02 Å². The van der Waals surface area contributed by atoms with E-state index in [2.05, 4.69) is 27.7 Å². The Hall–Kier alpha value is -1.42. The molecule has 1 aromatic carbocycles. The Morgan fingerprint density at radius 1 is 1.30 bits per heavy atom. The second kappa shape index (κ2) is 5.92. The zero-order chi connectivity index (χ0) is 13.9. The minimum atomic E-state index is 0.754. The molecule has 0 saturated heterocycles. The molecule has 5 heteroatoms. The minimum absolute atomic E-state index is 0.754. The van der Waals surface area contributed by atoms with Gasteiger partial charge in [0.1, 0.15) is 0 Å². The number of hydrogen-bond donors (Lipinski definition) is 0. The lowest BCUT2D eigenvalue weighted by Crippen LogP contribution is -2.01. The highest BCUT2D eigenvalue weighted by Crippen LogP contribution is 2.31. The summed E-state index contributed by atoms with van der Waals surface area (Å²) in [6, 6.07) is 6.20. The van der Waals surface area contributed by atoms with Crippen LogP contribution in [0.25, 0.3) is 11.4 Å². The number of hydrogen-bond acceptors (Lipinski definition) is 3. The standard InChI is InChI=1S/C15H19ClN4/c1-2-20-15(17-18-19-20)13-8-7-12(14(16)10-13)9-11-5-3-4-6-11/h7-8,10-11H,2-6,9H2,1H3. The summed E-state index contributed by atoms with van der Waals surface area (Å²) in [5.41, 5.74) is 2.23. The lowest BCUT2D eigenvalue weighted by atomic mass is 9.97. The van der Waals surface area contributed by atoms with Gasteiger partial charge in [-0.3, -0.25) is 0 Å². The number of aromatic nitrogens is 4. The molecule has 106 valence electrons. The molecule has 0 aliphatic heterocycles. The van der Waals surface area contributed by atoms with E-state index in [1.54, 1.807) is 4.68 Å². The van der Waals surface area contributed by atoms with E-state index in [0.717, 1.165) is 35.3 Å². The van der Waals surface area contributed by atoms with Crippen molar-refractivity contribution in [1.82, 2.24) is 20.2 Å². The SMILES string of the molecule is CCn1nnnc1-c1ccc(CC2CCCC2)c(Cl)c1. The largest absolute Gasteiger partial charge is 0.226 e. The van der Waals surface area contributed by atoms with Crippen molar-refractivity contribution in [2.75, 3.05) is 0 Å². The molecule has 1 aliphatic carbocycles. The number of aryl methyl sites for hydroxylation is 1. The van der Waals surface area contributed by atoms with E-state index >= 15 is 0 Å². The molecular formula is C15H19ClN4. The number of benzene rings is 1. The van der Waals surface area contributed by atoms with Gasteiger partial charge in [0.05, 0.1) is 0 Å². The van der Waals surface area contributed by atoms with Gasteiger partial charge < -0.3 is 0 Å². The van der Waals surface area contributed by atoms with Crippen molar-refractivity contribution in [3.63, 3.8) is 0 Å². The van der Waals surface area contributed by atoms with Crippen molar-refractivity contribution in [2.24, 2.45) is 5.92 Å². The van der Waals surface area contributed by atoms with Crippen LogP contribution in [0.3, 0.4) is 0 Å². The fraction of sp³-hybridized carbons (Fsp3) is 0.533. The maximum Gasteiger partial charge on any atom is 0.182 e. The normalized spacial score (nSPS) is 15.9. The Morgan fingerprint density at radius 3 is 2.80 bits per heavy atom. The first kappa shape index (κ1) is 13.6. The molecule has 0 atom stereocenters. The van der Waals surface area contributed by atoms with Gasteiger partial charge >= 0.3 is 0 Å². The zero-order valence-corrected chi connectivity index (χ0v) is 12.5. The topological polar surface area (TPSA) is 43.6 Å². The molecule has 3 rings (SSSR count). The number of rotatable bonds is 4. The summed E-state index contributed by atoms with van der Waals surface area (Å²) in [6.45, 7) is 2.78. The first-order valence-corrected chi connectivity index (χ1v) is 7.70. The third kappa shape index (κ3) is 2.70. The summed E-state index contributed by atoms with van der Waals surface area (Å²) in [5, 5.41) is 12.6. The Labute approximate surface area is 124 Å². The van der Waals surface area contributed by atoms with Gasteiger partial charge in [0, 0.05) is 17.1 Å². The molecule has 1 heterocycles. The smallest absolute Gasteiger partial charge is 0.182 e. The molecule has 0 bridgehead atoms. The van der Waals surface area contributed by atoms with Gasteiger partial charge in [0.2, 0.25) is 0 Å². The molecule has 1 aromatic heterocycles. The molecule has 20 heavy (non-hydrogen) atoms. The maximum atomic E-state index is 6.44. The highest BCUT2D eigenvalue weighted by molar-refractivity contribution is 6.31. The van der Waals surface area contributed by atoms with Crippen molar-refractivity contribution in [3.05, 3.63) is 28.8 Å². The molecule has 1 aliphatic rings. The molecular weight excluding hydrogens is 272 g/mol. The van der Waals surface area contributed by atoms with E-state index in [9.17, 15) is 0 Å². The quantitative estimate of drug-likeness (QED) is 0.861. The second-order valence-corrected chi connectivity index (χ2v) is 5.89. The average Bonchev–Trinajstić information content (AvgIpc) is 3.11. The first-order valence-electron chi connectivity index (χ1n) is 7.33. The third-order valence-corrected chi connectivity index (χ3v) is 4.48. The van der Waals surface area contributed by atoms with Crippen LogP contribution in [0.4, 0.5) is 0 Å². The van der Waals surface area contributed by atoms with Crippen molar-refractivity contribution in [2.45, 2.75) is 45.6 Å². The number of tetrazole rings is 1. The van der Waals surface area contributed by atoms with Gasteiger partial charge in [-0.25, -0.2) is 4.68 Å². The van der Waals surface area contributed by atoms with Crippen molar-refractivity contribution in [3.8, 4) is 11.4 Å². The van der Waals surface area contributed by atoms with E-state index in [1.165, 1.54) is 31.2 Å². The van der Waals surface area contributed by atoms with Crippen molar-refractivity contribution < 1.29 is 0 Å². The maximum absolute atomic E-state index is 6.44. The molecule has 4 nitrogen and oxygen atoms in total. The van der Waals surface area contributed by atoms with Gasteiger partial charge in [-0.1, -0.05) is 49.4 Å². The van der Waals surface area contributed by atoms with Gasteiger partial charge in [-0.2, -0.15) is 0 Å². The van der Waals surface area contributed by atoms with Crippen LogP contribution < -0.4 is 0 Å². The van der Waals surface area contributed by atoms with Crippen LogP contribution >= 0.6 is 11.6 Å². The Kier molecular flexibility index (Phi) is 4.01. The van der Waals surface area contributed by atoms with Crippen LogP contribution in [0.5, 0.6) is 0 Å². The fourth-order valence-electron chi connectivity index (χ4n) is 3.00. The molecule has 0 spiro atoms. The third-order valence-electron chi connectivity index (χ3n) is 4.13.